The molecule has 0 fully saturated rings. The van der Waals surface area contributed by atoms with E-state index < -0.39 is 0 Å². The molecule has 0 saturated heterocycles. The molecule has 0 heterocycles. The van der Waals surface area contributed by atoms with Crippen molar-refractivity contribution in [1.29, 1.82) is 0 Å². The monoisotopic (exact) mass is 293 g/mol. The topological polar surface area (TPSA) is 54.9 Å². The largest absolute Gasteiger partial charge is 0.497 e. The summed E-state index contributed by atoms with van der Waals surface area (Å²) in [5.74, 6) is 1.69. The van der Waals surface area contributed by atoms with E-state index in [0.717, 1.165) is 56.2 Å². The number of unbranched alkanes of at least 4 members (excludes halogenated alkanes) is 2. The summed E-state index contributed by atoms with van der Waals surface area (Å²) in [6.45, 7) is 2.48. The van der Waals surface area contributed by atoms with E-state index in [-0.39, 0.29) is 0 Å². The van der Waals surface area contributed by atoms with Crippen molar-refractivity contribution in [3.8, 4) is 5.75 Å². The van der Waals surface area contributed by atoms with E-state index in [1.807, 2.05) is 18.2 Å². The lowest BCUT2D eigenvalue weighted by molar-refractivity contribution is 0.192. The molecule has 5 nitrogen and oxygen atoms in total. The van der Waals surface area contributed by atoms with Gasteiger partial charge in [-0.05, 0) is 37.0 Å². The number of guanidine groups is 1. The van der Waals surface area contributed by atoms with Gasteiger partial charge in [-0.2, -0.15) is 0 Å². The van der Waals surface area contributed by atoms with Crippen molar-refractivity contribution in [2.24, 2.45) is 4.99 Å². The molecule has 0 saturated carbocycles. The van der Waals surface area contributed by atoms with Crippen LogP contribution in [-0.2, 0) is 11.3 Å². The number of rotatable bonds is 9. The Hall–Kier alpha value is -1.75. The van der Waals surface area contributed by atoms with Crippen LogP contribution in [0, 0.1) is 0 Å². The molecular formula is C16H27N3O2. The SMILES string of the molecule is CN=C(NCCCCCOC)NCc1cccc(OC)c1. The zero-order valence-corrected chi connectivity index (χ0v) is 13.3. The van der Waals surface area contributed by atoms with Crippen LogP contribution in [0.5, 0.6) is 5.75 Å². The molecule has 0 amide bonds. The molecule has 0 radical (unpaired) electrons. The average molecular weight is 293 g/mol. The minimum atomic E-state index is 0.723. The van der Waals surface area contributed by atoms with Crippen molar-refractivity contribution in [1.82, 2.24) is 10.6 Å². The molecule has 21 heavy (non-hydrogen) atoms. The molecule has 2 N–H and O–H groups in total. The standard InChI is InChI=1S/C16H27N3O2/c1-17-16(18-10-5-4-6-11-20-2)19-13-14-8-7-9-15(12-14)21-3/h7-9,12H,4-6,10-11,13H2,1-3H3,(H2,17,18,19). The highest BCUT2D eigenvalue weighted by Crippen LogP contribution is 2.11. The second-order valence-corrected chi connectivity index (χ2v) is 4.76. The van der Waals surface area contributed by atoms with Gasteiger partial charge in [-0.3, -0.25) is 4.99 Å². The smallest absolute Gasteiger partial charge is 0.191 e. The van der Waals surface area contributed by atoms with Crippen molar-refractivity contribution >= 4 is 5.96 Å². The maximum atomic E-state index is 5.22. The van der Waals surface area contributed by atoms with Gasteiger partial charge in [0.2, 0.25) is 0 Å². The van der Waals surface area contributed by atoms with Gasteiger partial charge in [0.15, 0.2) is 5.96 Å². The summed E-state index contributed by atoms with van der Waals surface area (Å²) in [7, 11) is 5.20. The van der Waals surface area contributed by atoms with Crippen LogP contribution in [0.4, 0.5) is 0 Å². The third kappa shape index (κ3) is 7.56. The molecule has 1 aromatic rings. The molecule has 1 aromatic carbocycles. The Morgan fingerprint density at radius 3 is 2.71 bits per heavy atom. The Balaban J connectivity index is 2.24. The molecule has 0 unspecified atom stereocenters. The highest BCUT2D eigenvalue weighted by molar-refractivity contribution is 5.79. The molecule has 118 valence electrons. The van der Waals surface area contributed by atoms with Crippen LogP contribution in [0.2, 0.25) is 0 Å². The molecule has 0 aliphatic carbocycles. The summed E-state index contributed by atoms with van der Waals surface area (Å²) in [4.78, 5) is 4.22. The Morgan fingerprint density at radius 2 is 2.00 bits per heavy atom. The lowest BCUT2D eigenvalue weighted by atomic mass is 10.2. The van der Waals surface area contributed by atoms with Crippen LogP contribution in [0.15, 0.2) is 29.3 Å². The first-order valence-electron chi connectivity index (χ1n) is 7.36. The summed E-state index contributed by atoms with van der Waals surface area (Å²) in [6.07, 6.45) is 3.38. The average Bonchev–Trinajstić information content (AvgIpc) is 2.53. The van der Waals surface area contributed by atoms with Gasteiger partial charge < -0.3 is 20.1 Å². The van der Waals surface area contributed by atoms with Crippen LogP contribution in [0.3, 0.4) is 0 Å². The van der Waals surface area contributed by atoms with Crippen LogP contribution in [-0.4, -0.2) is 40.4 Å². The summed E-state index contributed by atoms with van der Waals surface area (Å²) < 4.78 is 10.2. The molecule has 0 aliphatic rings. The van der Waals surface area contributed by atoms with Crippen molar-refractivity contribution in [3.63, 3.8) is 0 Å². The van der Waals surface area contributed by atoms with E-state index in [9.17, 15) is 0 Å². The third-order valence-corrected chi connectivity index (χ3v) is 3.14. The highest BCUT2D eigenvalue weighted by Gasteiger charge is 1.99. The van der Waals surface area contributed by atoms with Gasteiger partial charge in [0, 0.05) is 33.9 Å². The first-order valence-corrected chi connectivity index (χ1v) is 7.36. The number of aliphatic imine (C=N–C) groups is 1. The van der Waals surface area contributed by atoms with E-state index in [4.69, 9.17) is 9.47 Å². The second kappa shape index (κ2) is 11.0. The zero-order chi connectivity index (χ0) is 15.3. The Kier molecular flexibility index (Phi) is 9.04. The summed E-state index contributed by atoms with van der Waals surface area (Å²) >= 11 is 0. The minimum absolute atomic E-state index is 0.723. The number of ether oxygens (including phenoxy) is 2. The lowest BCUT2D eigenvalue weighted by Crippen LogP contribution is -2.37. The number of hydrogen-bond acceptors (Lipinski definition) is 3. The Bertz CT molecular complexity index is 422. The van der Waals surface area contributed by atoms with Crippen LogP contribution in [0.25, 0.3) is 0 Å². The van der Waals surface area contributed by atoms with Gasteiger partial charge in [-0.15, -0.1) is 0 Å². The lowest BCUT2D eigenvalue weighted by Gasteiger charge is -2.12. The van der Waals surface area contributed by atoms with Gasteiger partial charge in [-0.25, -0.2) is 0 Å². The third-order valence-electron chi connectivity index (χ3n) is 3.14. The highest BCUT2D eigenvalue weighted by atomic mass is 16.5. The van der Waals surface area contributed by atoms with Gasteiger partial charge in [0.05, 0.1) is 7.11 Å². The Morgan fingerprint density at radius 1 is 1.14 bits per heavy atom. The van der Waals surface area contributed by atoms with Crippen LogP contribution in [0.1, 0.15) is 24.8 Å². The normalized spacial score (nSPS) is 11.3. The fourth-order valence-electron chi connectivity index (χ4n) is 1.94. The van der Waals surface area contributed by atoms with E-state index >= 15 is 0 Å². The van der Waals surface area contributed by atoms with Crippen molar-refractivity contribution in [2.75, 3.05) is 34.4 Å². The number of nitrogens with zero attached hydrogens (tertiary/aromatic N) is 1. The van der Waals surface area contributed by atoms with Crippen LogP contribution >= 0.6 is 0 Å². The first-order chi connectivity index (χ1) is 10.3. The Labute approximate surface area is 127 Å². The predicted octanol–water partition coefficient (Wildman–Crippen LogP) is 2.18. The summed E-state index contributed by atoms with van der Waals surface area (Å²) in [6, 6.07) is 8.01. The molecular weight excluding hydrogens is 266 g/mol. The minimum Gasteiger partial charge on any atom is -0.497 e. The van der Waals surface area contributed by atoms with E-state index in [1.54, 1.807) is 21.3 Å². The van der Waals surface area contributed by atoms with Gasteiger partial charge in [0.1, 0.15) is 5.75 Å². The van der Waals surface area contributed by atoms with Crippen molar-refractivity contribution in [3.05, 3.63) is 29.8 Å². The molecule has 0 spiro atoms. The zero-order valence-electron chi connectivity index (χ0n) is 13.3. The predicted molar refractivity (Wildman–Crippen MR) is 86.9 cm³/mol. The number of hydrogen-bond donors (Lipinski definition) is 2. The maximum absolute atomic E-state index is 5.22. The molecule has 0 atom stereocenters. The fraction of sp³-hybridized carbons (Fsp3) is 0.562. The summed E-state index contributed by atoms with van der Waals surface area (Å²) in [5, 5.41) is 6.61. The van der Waals surface area contributed by atoms with Crippen LogP contribution < -0.4 is 15.4 Å². The van der Waals surface area contributed by atoms with E-state index in [2.05, 4.69) is 21.7 Å². The second-order valence-electron chi connectivity index (χ2n) is 4.76. The fourth-order valence-corrected chi connectivity index (χ4v) is 1.94. The quantitative estimate of drug-likeness (QED) is 0.416. The van der Waals surface area contributed by atoms with Gasteiger partial charge in [-0.1, -0.05) is 12.1 Å². The van der Waals surface area contributed by atoms with E-state index in [1.165, 1.54) is 0 Å². The molecule has 0 aliphatic heterocycles. The maximum Gasteiger partial charge on any atom is 0.191 e. The summed E-state index contributed by atoms with van der Waals surface area (Å²) in [5.41, 5.74) is 1.16. The first kappa shape index (κ1) is 17.3. The van der Waals surface area contributed by atoms with Crippen molar-refractivity contribution in [2.45, 2.75) is 25.8 Å². The molecule has 1 rings (SSSR count). The van der Waals surface area contributed by atoms with Gasteiger partial charge in [0.25, 0.3) is 0 Å². The van der Waals surface area contributed by atoms with Gasteiger partial charge >= 0.3 is 0 Å². The van der Waals surface area contributed by atoms with Crippen molar-refractivity contribution < 1.29 is 9.47 Å². The van der Waals surface area contributed by atoms with E-state index in [0.29, 0.717) is 0 Å². The molecule has 5 heteroatoms. The molecule has 0 bridgehead atoms. The number of nitrogens with one attached hydrogen (secondary N) is 2. The number of methoxy groups -OCH3 is 2. The molecule has 0 aromatic heterocycles. The number of benzene rings is 1.